The quantitative estimate of drug-likeness (QED) is 0.695. The van der Waals surface area contributed by atoms with Crippen LogP contribution in [0.5, 0.6) is 5.75 Å². The van der Waals surface area contributed by atoms with Gasteiger partial charge in [0.15, 0.2) is 0 Å². The number of H-pyrrole nitrogens is 1. The summed E-state index contributed by atoms with van der Waals surface area (Å²) >= 11 is 1.73. The Kier molecular flexibility index (Phi) is 4.52. The molecule has 27 heavy (non-hydrogen) atoms. The van der Waals surface area contributed by atoms with E-state index in [1.54, 1.807) is 18.4 Å². The van der Waals surface area contributed by atoms with Gasteiger partial charge in [-0.15, -0.1) is 11.3 Å². The molecule has 1 unspecified atom stereocenters. The summed E-state index contributed by atoms with van der Waals surface area (Å²) in [5.41, 5.74) is 3.47. The van der Waals surface area contributed by atoms with E-state index < -0.39 is 0 Å². The van der Waals surface area contributed by atoms with Crippen molar-refractivity contribution in [1.29, 1.82) is 0 Å². The van der Waals surface area contributed by atoms with Crippen molar-refractivity contribution in [3.8, 4) is 5.75 Å². The van der Waals surface area contributed by atoms with Gasteiger partial charge in [0.05, 0.1) is 12.8 Å². The van der Waals surface area contributed by atoms with E-state index in [0.717, 1.165) is 34.0 Å². The normalized spacial score (nSPS) is 16.3. The van der Waals surface area contributed by atoms with Crippen molar-refractivity contribution in [2.75, 3.05) is 12.0 Å². The van der Waals surface area contributed by atoms with Gasteiger partial charge in [-0.2, -0.15) is 5.10 Å². The van der Waals surface area contributed by atoms with E-state index in [9.17, 15) is 4.79 Å². The number of benzene rings is 1. The van der Waals surface area contributed by atoms with E-state index in [1.165, 1.54) is 4.88 Å². The van der Waals surface area contributed by atoms with Gasteiger partial charge in [0.2, 0.25) is 0 Å². The molecule has 6 heteroatoms. The molecule has 1 N–H and O–H groups in total. The van der Waals surface area contributed by atoms with E-state index >= 15 is 0 Å². The number of nitrogens with one attached hydrogen (secondary N) is 1. The fraction of sp³-hybridized carbons (Fsp3) is 0.333. The van der Waals surface area contributed by atoms with Gasteiger partial charge in [-0.25, -0.2) is 0 Å². The Balaban J connectivity index is 1.85. The van der Waals surface area contributed by atoms with Gasteiger partial charge in [0.25, 0.3) is 5.91 Å². The predicted octanol–water partition coefficient (Wildman–Crippen LogP) is 4.74. The summed E-state index contributed by atoms with van der Waals surface area (Å²) < 4.78 is 5.27. The maximum Gasteiger partial charge on any atom is 0.277 e. The van der Waals surface area contributed by atoms with Crippen LogP contribution in [0.15, 0.2) is 36.4 Å². The number of anilines is 1. The molecular weight excluding hydrogens is 358 g/mol. The lowest BCUT2D eigenvalue weighted by Gasteiger charge is -2.25. The van der Waals surface area contributed by atoms with Crippen molar-refractivity contribution in [2.24, 2.45) is 5.92 Å². The highest BCUT2D eigenvalue weighted by molar-refractivity contribution is 7.12. The molecule has 0 spiro atoms. The van der Waals surface area contributed by atoms with Gasteiger partial charge < -0.3 is 4.74 Å². The summed E-state index contributed by atoms with van der Waals surface area (Å²) in [6.07, 6.45) is 0.844. The van der Waals surface area contributed by atoms with Crippen LogP contribution in [-0.2, 0) is 6.42 Å². The minimum absolute atomic E-state index is 0.0336. The SMILES string of the molecule is COc1ccc(N2C(=O)c3[nH]nc(CC(C)C)c3C2c2ccc(C)s2)cc1. The minimum atomic E-state index is -0.146. The summed E-state index contributed by atoms with van der Waals surface area (Å²) in [4.78, 5) is 17.5. The molecule has 3 heterocycles. The molecule has 1 aliphatic heterocycles. The van der Waals surface area contributed by atoms with Gasteiger partial charge in [0.1, 0.15) is 17.5 Å². The van der Waals surface area contributed by atoms with Crippen molar-refractivity contribution in [2.45, 2.75) is 33.2 Å². The highest BCUT2D eigenvalue weighted by Gasteiger charge is 2.43. The van der Waals surface area contributed by atoms with Gasteiger partial charge in [-0.05, 0) is 55.7 Å². The average Bonchev–Trinajstić information content (AvgIpc) is 3.32. The number of aryl methyl sites for hydroxylation is 1. The average molecular weight is 382 g/mol. The molecule has 5 nitrogen and oxygen atoms in total. The highest BCUT2D eigenvalue weighted by atomic mass is 32.1. The smallest absolute Gasteiger partial charge is 0.277 e. The second kappa shape index (κ2) is 6.85. The third kappa shape index (κ3) is 3.04. The van der Waals surface area contributed by atoms with Crippen LogP contribution < -0.4 is 9.64 Å². The number of carbonyl (C=O) groups is 1. The fourth-order valence-corrected chi connectivity index (χ4v) is 4.61. The number of aromatic nitrogens is 2. The third-order valence-corrected chi connectivity index (χ3v) is 5.88. The molecule has 0 saturated carbocycles. The number of thiophene rings is 1. The lowest BCUT2D eigenvalue weighted by molar-refractivity contribution is 0.0989. The zero-order valence-corrected chi connectivity index (χ0v) is 16.8. The third-order valence-electron chi connectivity index (χ3n) is 4.83. The van der Waals surface area contributed by atoms with Crippen molar-refractivity contribution in [1.82, 2.24) is 10.2 Å². The molecule has 2 aromatic heterocycles. The maximum absolute atomic E-state index is 13.3. The molecular formula is C21H23N3O2S. The van der Waals surface area contributed by atoms with Crippen LogP contribution in [0, 0.1) is 12.8 Å². The molecule has 0 radical (unpaired) electrons. The van der Waals surface area contributed by atoms with E-state index in [1.807, 2.05) is 29.2 Å². The predicted molar refractivity (Wildman–Crippen MR) is 108 cm³/mol. The first kappa shape index (κ1) is 17.8. The molecule has 0 aliphatic carbocycles. The monoisotopic (exact) mass is 381 g/mol. The summed E-state index contributed by atoms with van der Waals surface area (Å²) in [6, 6.07) is 11.7. The number of hydrogen-bond acceptors (Lipinski definition) is 4. The van der Waals surface area contributed by atoms with Gasteiger partial charge >= 0.3 is 0 Å². The number of ether oxygens (including phenoxy) is 1. The Bertz CT molecular complexity index is 972. The maximum atomic E-state index is 13.3. The van der Waals surface area contributed by atoms with Crippen LogP contribution in [0.4, 0.5) is 5.69 Å². The lowest BCUT2D eigenvalue weighted by Crippen LogP contribution is -2.29. The van der Waals surface area contributed by atoms with Crippen LogP contribution in [0.1, 0.15) is 51.4 Å². The number of methoxy groups -OCH3 is 1. The largest absolute Gasteiger partial charge is 0.497 e. The second-order valence-corrected chi connectivity index (χ2v) is 8.60. The molecule has 3 aromatic rings. The molecule has 1 amide bonds. The molecule has 0 fully saturated rings. The summed E-state index contributed by atoms with van der Waals surface area (Å²) in [5.74, 6) is 1.21. The number of fused-ring (bicyclic) bond motifs is 1. The Morgan fingerprint density at radius 1 is 1.22 bits per heavy atom. The van der Waals surface area contributed by atoms with Crippen LogP contribution in [-0.4, -0.2) is 23.2 Å². The van der Waals surface area contributed by atoms with Gasteiger partial charge in [0, 0.05) is 21.0 Å². The van der Waals surface area contributed by atoms with Gasteiger partial charge in [-0.1, -0.05) is 13.8 Å². The van der Waals surface area contributed by atoms with E-state index in [2.05, 4.69) is 43.1 Å². The van der Waals surface area contributed by atoms with E-state index in [4.69, 9.17) is 4.74 Å². The Hall–Kier alpha value is -2.60. The van der Waals surface area contributed by atoms with Crippen molar-refractivity contribution < 1.29 is 9.53 Å². The number of rotatable bonds is 5. The first-order chi connectivity index (χ1) is 13.0. The molecule has 1 aromatic carbocycles. The molecule has 140 valence electrons. The van der Waals surface area contributed by atoms with Gasteiger partial charge in [-0.3, -0.25) is 14.8 Å². The number of aromatic amines is 1. The zero-order chi connectivity index (χ0) is 19.1. The number of carbonyl (C=O) groups excluding carboxylic acids is 1. The summed E-state index contributed by atoms with van der Waals surface area (Å²) in [5, 5.41) is 7.49. The molecule has 0 saturated heterocycles. The van der Waals surface area contributed by atoms with Crippen LogP contribution in [0.3, 0.4) is 0 Å². The first-order valence-electron chi connectivity index (χ1n) is 9.10. The Morgan fingerprint density at radius 2 is 1.96 bits per heavy atom. The zero-order valence-electron chi connectivity index (χ0n) is 15.9. The Labute approximate surface area is 163 Å². The van der Waals surface area contributed by atoms with E-state index in [-0.39, 0.29) is 11.9 Å². The van der Waals surface area contributed by atoms with Crippen LogP contribution >= 0.6 is 11.3 Å². The first-order valence-corrected chi connectivity index (χ1v) is 9.92. The molecule has 4 rings (SSSR count). The van der Waals surface area contributed by atoms with Crippen molar-refractivity contribution in [3.63, 3.8) is 0 Å². The van der Waals surface area contributed by atoms with Crippen LogP contribution in [0.2, 0.25) is 0 Å². The van der Waals surface area contributed by atoms with Crippen molar-refractivity contribution in [3.05, 3.63) is 63.1 Å². The number of hydrogen-bond donors (Lipinski definition) is 1. The molecule has 0 bridgehead atoms. The fourth-order valence-electron chi connectivity index (χ4n) is 3.63. The standard InChI is InChI=1S/C21H23N3O2S/c1-12(2)11-16-18-19(23-22-16)21(25)24(14-6-8-15(26-4)9-7-14)20(18)17-10-5-13(3)27-17/h5-10,12,20H,11H2,1-4H3,(H,22,23). The highest BCUT2D eigenvalue weighted by Crippen LogP contribution is 2.45. The topological polar surface area (TPSA) is 58.2 Å². The summed E-state index contributed by atoms with van der Waals surface area (Å²) in [6.45, 7) is 6.43. The number of amides is 1. The number of nitrogens with zero attached hydrogens (tertiary/aromatic N) is 2. The van der Waals surface area contributed by atoms with Crippen molar-refractivity contribution >= 4 is 22.9 Å². The molecule has 1 atom stereocenters. The van der Waals surface area contributed by atoms with Crippen LogP contribution in [0.25, 0.3) is 0 Å². The second-order valence-electron chi connectivity index (χ2n) is 7.28. The summed E-state index contributed by atoms with van der Waals surface area (Å²) in [7, 11) is 1.64. The minimum Gasteiger partial charge on any atom is -0.497 e. The molecule has 1 aliphatic rings. The Morgan fingerprint density at radius 3 is 2.56 bits per heavy atom. The lowest BCUT2D eigenvalue weighted by atomic mass is 9.99. The van der Waals surface area contributed by atoms with E-state index in [0.29, 0.717) is 11.6 Å².